The van der Waals surface area contributed by atoms with Crippen LogP contribution in [0.1, 0.15) is 40.9 Å². The molecule has 0 radical (unpaired) electrons. The Morgan fingerprint density at radius 3 is 2.53 bits per heavy atom. The molecule has 0 amide bonds. The van der Waals surface area contributed by atoms with Crippen molar-refractivity contribution in [3.8, 4) is 11.4 Å². The van der Waals surface area contributed by atoms with Crippen LogP contribution < -0.4 is 5.32 Å². The first-order chi connectivity index (χ1) is 14.4. The van der Waals surface area contributed by atoms with Crippen LogP contribution in [0.25, 0.3) is 11.4 Å². The lowest BCUT2D eigenvalue weighted by Gasteiger charge is -2.15. The molecule has 30 heavy (non-hydrogen) atoms. The standard InChI is InChI=1S/C24H26ClN5/c1-16-5-6-17(2)23(13-16)30-24(25)22(19(4)28-30)14-27-18(3)20-7-9-21(10-8-20)29-12-11-26-15-29/h5-13,15,18,27H,14H2,1-4H3. The SMILES string of the molecule is Cc1ccc(C)c(-n2nc(C)c(CNC(C)c3ccc(-n4ccnc4)cc3)c2Cl)c1. The lowest BCUT2D eigenvalue weighted by molar-refractivity contribution is 0.573. The first kappa shape index (κ1) is 20.4. The Morgan fingerprint density at radius 1 is 1.07 bits per heavy atom. The Balaban J connectivity index is 1.50. The van der Waals surface area contributed by atoms with Crippen LogP contribution in [0.3, 0.4) is 0 Å². The van der Waals surface area contributed by atoms with Gasteiger partial charge in [-0.2, -0.15) is 5.10 Å². The van der Waals surface area contributed by atoms with Crippen LogP contribution >= 0.6 is 11.6 Å². The van der Waals surface area contributed by atoms with Gasteiger partial charge >= 0.3 is 0 Å². The molecule has 0 bridgehead atoms. The quantitative estimate of drug-likeness (QED) is 0.449. The average molecular weight is 420 g/mol. The number of halogens is 1. The van der Waals surface area contributed by atoms with Gasteiger partial charge in [-0.25, -0.2) is 9.67 Å². The summed E-state index contributed by atoms with van der Waals surface area (Å²) < 4.78 is 3.84. The maximum absolute atomic E-state index is 6.75. The van der Waals surface area contributed by atoms with Crippen molar-refractivity contribution >= 4 is 11.6 Å². The first-order valence-corrected chi connectivity index (χ1v) is 10.4. The summed E-state index contributed by atoms with van der Waals surface area (Å²) in [4.78, 5) is 4.10. The number of nitrogens with one attached hydrogen (secondary N) is 1. The fourth-order valence-corrected chi connectivity index (χ4v) is 3.89. The van der Waals surface area contributed by atoms with Crippen LogP contribution in [0.15, 0.2) is 61.2 Å². The summed E-state index contributed by atoms with van der Waals surface area (Å²) in [7, 11) is 0. The van der Waals surface area contributed by atoms with Crippen molar-refractivity contribution in [1.82, 2.24) is 24.6 Å². The molecule has 2 aromatic heterocycles. The Hall–Kier alpha value is -2.89. The average Bonchev–Trinajstić information content (AvgIpc) is 3.37. The van der Waals surface area contributed by atoms with E-state index in [1.807, 2.05) is 22.4 Å². The molecule has 0 aliphatic rings. The topological polar surface area (TPSA) is 47.7 Å². The number of hydrogen-bond acceptors (Lipinski definition) is 3. The molecule has 5 nitrogen and oxygen atoms in total. The number of nitrogens with zero attached hydrogens (tertiary/aromatic N) is 4. The summed E-state index contributed by atoms with van der Waals surface area (Å²) in [5.41, 5.74) is 7.64. The smallest absolute Gasteiger partial charge is 0.137 e. The molecular weight excluding hydrogens is 394 g/mol. The van der Waals surface area contributed by atoms with Gasteiger partial charge in [0.1, 0.15) is 5.15 Å². The second-order valence-electron chi connectivity index (χ2n) is 7.72. The predicted octanol–water partition coefficient (Wildman–Crippen LogP) is 5.49. The molecule has 1 atom stereocenters. The summed E-state index contributed by atoms with van der Waals surface area (Å²) >= 11 is 6.75. The molecule has 2 heterocycles. The largest absolute Gasteiger partial charge is 0.306 e. The van der Waals surface area contributed by atoms with Gasteiger partial charge < -0.3 is 9.88 Å². The van der Waals surface area contributed by atoms with Gasteiger partial charge in [0.2, 0.25) is 0 Å². The number of imidazole rings is 1. The molecule has 6 heteroatoms. The number of hydrogen-bond donors (Lipinski definition) is 1. The van der Waals surface area contributed by atoms with E-state index in [4.69, 9.17) is 16.7 Å². The van der Waals surface area contributed by atoms with Crippen molar-refractivity contribution in [3.63, 3.8) is 0 Å². The van der Waals surface area contributed by atoms with Crippen molar-refractivity contribution in [1.29, 1.82) is 0 Å². The third kappa shape index (κ3) is 4.04. The highest BCUT2D eigenvalue weighted by atomic mass is 35.5. The molecule has 4 aromatic rings. The zero-order valence-corrected chi connectivity index (χ0v) is 18.5. The van der Waals surface area contributed by atoms with E-state index in [0.29, 0.717) is 11.7 Å². The van der Waals surface area contributed by atoms with Gasteiger partial charge in [-0.05, 0) is 62.6 Å². The first-order valence-electron chi connectivity index (χ1n) is 10.1. The molecule has 0 aliphatic carbocycles. The minimum Gasteiger partial charge on any atom is -0.306 e. The summed E-state index contributed by atoms with van der Waals surface area (Å²) in [5, 5.41) is 8.96. The summed E-state index contributed by atoms with van der Waals surface area (Å²) in [6.45, 7) is 8.98. The highest BCUT2D eigenvalue weighted by Crippen LogP contribution is 2.26. The van der Waals surface area contributed by atoms with Crippen LogP contribution in [0.5, 0.6) is 0 Å². The summed E-state index contributed by atoms with van der Waals surface area (Å²) in [6.07, 6.45) is 5.52. The van der Waals surface area contributed by atoms with Crippen molar-refractivity contribution in [2.24, 2.45) is 0 Å². The monoisotopic (exact) mass is 419 g/mol. The summed E-state index contributed by atoms with van der Waals surface area (Å²) in [5.74, 6) is 0. The number of benzene rings is 2. The molecule has 0 saturated heterocycles. The molecule has 1 unspecified atom stereocenters. The Morgan fingerprint density at radius 2 is 1.83 bits per heavy atom. The van der Waals surface area contributed by atoms with Gasteiger partial charge in [-0.3, -0.25) is 0 Å². The van der Waals surface area contributed by atoms with Crippen LogP contribution in [0.2, 0.25) is 5.15 Å². The Labute approximate surface area is 182 Å². The zero-order valence-electron chi connectivity index (χ0n) is 17.7. The fourth-order valence-electron chi connectivity index (χ4n) is 3.56. The van der Waals surface area contributed by atoms with E-state index >= 15 is 0 Å². The fraction of sp³-hybridized carbons (Fsp3) is 0.250. The minimum absolute atomic E-state index is 0.182. The van der Waals surface area contributed by atoms with Gasteiger partial charge in [-0.15, -0.1) is 0 Å². The van der Waals surface area contributed by atoms with Gasteiger partial charge in [0.25, 0.3) is 0 Å². The van der Waals surface area contributed by atoms with Gasteiger partial charge in [0.15, 0.2) is 0 Å². The van der Waals surface area contributed by atoms with E-state index < -0.39 is 0 Å². The zero-order chi connectivity index (χ0) is 21.3. The van der Waals surface area contributed by atoms with E-state index in [2.05, 4.69) is 73.5 Å². The van der Waals surface area contributed by atoms with Crippen molar-refractivity contribution < 1.29 is 0 Å². The Bertz CT molecular complexity index is 1140. The molecule has 4 rings (SSSR count). The number of aryl methyl sites for hydroxylation is 3. The minimum atomic E-state index is 0.182. The van der Waals surface area contributed by atoms with Crippen LogP contribution in [-0.2, 0) is 6.54 Å². The normalized spacial score (nSPS) is 12.3. The second-order valence-corrected chi connectivity index (χ2v) is 8.08. The Kier molecular flexibility index (Phi) is 5.75. The summed E-state index contributed by atoms with van der Waals surface area (Å²) in [6, 6.07) is 15.0. The van der Waals surface area contributed by atoms with Crippen LogP contribution in [-0.4, -0.2) is 19.3 Å². The van der Waals surface area contributed by atoms with Gasteiger partial charge in [0, 0.05) is 36.2 Å². The lowest BCUT2D eigenvalue weighted by Crippen LogP contribution is -2.18. The third-order valence-corrected chi connectivity index (χ3v) is 5.88. The van der Waals surface area contributed by atoms with E-state index in [1.54, 1.807) is 12.5 Å². The number of rotatable bonds is 6. The van der Waals surface area contributed by atoms with Crippen LogP contribution in [0, 0.1) is 20.8 Å². The van der Waals surface area contributed by atoms with E-state index in [1.165, 1.54) is 11.1 Å². The van der Waals surface area contributed by atoms with E-state index in [9.17, 15) is 0 Å². The molecule has 2 aromatic carbocycles. The maximum atomic E-state index is 6.75. The second kappa shape index (κ2) is 8.46. The molecule has 0 aliphatic heterocycles. The van der Waals surface area contributed by atoms with Gasteiger partial charge in [0.05, 0.1) is 17.7 Å². The molecule has 0 saturated carbocycles. The maximum Gasteiger partial charge on any atom is 0.137 e. The van der Waals surface area contributed by atoms with Crippen LogP contribution in [0.4, 0.5) is 0 Å². The molecule has 0 fully saturated rings. The molecule has 0 spiro atoms. The molecule has 1 N–H and O–H groups in total. The van der Waals surface area contributed by atoms with Crippen molar-refractivity contribution in [2.45, 2.75) is 40.3 Å². The predicted molar refractivity (Wildman–Crippen MR) is 122 cm³/mol. The molecular formula is C24H26ClN5. The molecule has 154 valence electrons. The highest BCUT2D eigenvalue weighted by Gasteiger charge is 2.17. The van der Waals surface area contributed by atoms with Crippen molar-refractivity contribution in [3.05, 3.63) is 94.3 Å². The van der Waals surface area contributed by atoms with Gasteiger partial charge in [-0.1, -0.05) is 35.9 Å². The van der Waals surface area contributed by atoms with E-state index in [0.717, 1.165) is 28.2 Å². The van der Waals surface area contributed by atoms with E-state index in [-0.39, 0.29) is 6.04 Å². The third-order valence-electron chi connectivity index (χ3n) is 5.50. The highest BCUT2D eigenvalue weighted by molar-refractivity contribution is 6.30. The lowest BCUT2D eigenvalue weighted by atomic mass is 10.1. The number of aromatic nitrogens is 4. The van der Waals surface area contributed by atoms with Crippen molar-refractivity contribution in [2.75, 3.05) is 0 Å².